The molecular weight excluding hydrogens is 188 g/mol. The second kappa shape index (κ2) is 6.11. The van der Waals surface area contributed by atoms with Crippen molar-refractivity contribution in [3.63, 3.8) is 0 Å². The predicted molar refractivity (Wildman–Crippen MR) is 62.5 cm³/mol. The molecule has 1 saturated heterocycles. The van der Waals surface area contributed by atoms with Crippen LogP contribution in [0.5, 0.6) is 0 Å². The van der Waals surface area contributed by atoms with Gasteiger partial charge in [0.15, 0.2) is 0 Å². The molecule has 3 heteroatoms. The highest BCUT2D eigenvalue weighted by Gasteiger charge is 2.28. The van der Waals surface area contributed by atoms with Gasteiger partial charge in [-0.3, -0.25) is 4.79 Å². The second-order valence-corrected chi connectivity index (χ2v) is 4.62. The van der Waals surface area contributed by atoms with Crippen LogP contribution in [0.2, 0.25) is 0 Å². The first kappa shape index (κ1) is 12.5. The van der Waals surface area contributed by atoms with E-state index in [1.807, 2.05) is 4.90 Å². The van der Waals surface area contributed by atoms with Crippen molar-refractivity contribution in [1.29, 1.82) is 0 Å². The molecule has 0 aromatic carbocycles. The number of nitrogens with zero attached hydrogens (tertiary/aromatic N) is 1. The van der Waals surface area contributed by atoms with Gasteiger partial charge in [0, 0.05) is 13.1 Å². The lowest BCUT2D eigenvalue weighted by Gasteiger charge is -2.20. The lowest BCUT2D eigenvalue weighted by atomic mass is 10.0. The van der Waals surface area contributed by atoms with E-state index in [-0.39, 0.29) is 11.9 Å². The van der Waals surface area contributed by atoms with Crippen molar-refractivity contribution in [3.05, 3.63) is 0 Å². The number of carbonyl (C=O) groups is 1. The van der Waals surface area contributed by atoms with E-state index in [1.54, 1.807) is 0 Å². The molecule has 1 aliphatic rings. The zero-order valence-electron chi connectivity index (χ0n) is 10.0. The van der Waals surface area contributed by atoms with Crippen LogP contribution in [-0.4, -0.2) is 29.9 Å². The molecule has 1 fully saturated rings. The first-order valence-electron chi connectivity index (χ1n) is 6.23. The summed E-state index contributed by atoms with van der Waals surface area (Å²) in [7, 11) is 0. The molecular formula is C12H24N2O. The van der Waals surface area contributed by atoms with Crippen LogP contribution in [0, 0.1) is 5.92 Å². The molecule has 0 spiro atoms. The SMILES string of the molecule is CCCC1CCN(C(=O)[C@H](N)CCC)C1. The van der Waals surface area contributed by atoms with Gasteiger partial charge >= 0.3 is 0 Å². The molecule has 0 saturated carbocycles. The summed E-state index contributed by atoms with van der Waals surface area (Å²) in [5.41, 5.74) is 5.84. The Morgan fingerprint density at radius 3 is 2.80 bits per heavy atom. The third-order valence-electron chi connectivity index (χ3n) is 3.21. The van der Waals surface area contributed by atoms with Crippen molar-refractivity contribution in [2.45, 2.75) is 52.0 Å². The maximum absolute atomic E-state index is 11.9. The highest BCUT2D eigenvalue weighted by atomic mass is 16.2. The summed E-state index contributed by atoms with van der Waals surface area (Å²) < 4.78 is 0. The van der Waals surface area contributed by atoms with Gasteiger partial charge in [-0.25, -0.2) is 0 Å². The number of amides is 1. The smallest absolute Gasteiger partial charge is 0.239 e. The monoisotopic (exact) mass is 212 g/mol. The van der Waals surface area contributed by atoms with Crippen LogP contribution in [0.25, 0.3) is 0 Å². The molecule has 1 rings (SSSR count). The van der Waals surface area contributed by atoms with Crippen molar-refractivity contribution in [2.75, 3.05) is 13.1 Å². The van der Waals surface area contributed by atoms with Gasteiger partial charge in [-0.15, -0.1) is 0 Å². The largest absolute Gasteiger partial charge is 0.341 e. The maximum Gasteiger partial charge on any atom is 0.239 e. The van der Waals surface area contributed by atoms with E-state index >= 15 is 0 Å². The van der Waals surface area contributed by atoms with Crippen molar-refractivity contribution in [3.8, 4) is 0 Å². The van der Waals surface area contributed by atoms with E-state index in [1.165, 1.54) is 19.3 Å². The fourth-order valence-corrected chi connectivity index (χ4v) is 2.35. The third kappa shape index (κ3) is 3.49. The maximum atomic E-state index is 11.9. The summed E-state index contributed by atoms with van der Waals surface area (Å²) in [6.45, 7) is 6.12. The standard InChI is InChI=1S/C12H24N2O/c1-3-5-10-7-8-14(9-10)12(15)11(13)6-4-2/h10-11H,3-9,13H2,1-2H3/t10?,11-/m1/s1. The van der Waals surface area contributed by atoms with Crippen LogP contribution in [0.4, 0.5) is 0 Å². The zero-order valence-corrected chi connectivity index (χ0v) is 10.0. The van der Waals surface area contributed by atoms with Gasteiger partial charge in [-0.1, -0.05) is 26.7 Å². The number of nitrogens with two attached hydrogens (primary N) is 1. The van der Waals surface area contributed by atoms with Crippen molar-refractivity contribution in [2.24, 2.45) is 11.7 Å². The summed E-state index contributed by atoms with van der Waals surface area (Å²) in [5.74, 6) is 0.878. The van der Waals surface area contributed by atoms with E-state index in [4.69, 9.17) is 5.73 Å². The van der Waals surface area contributed by atoms with Crippen molar-refractivity contribution in [1.82, 2.24) is 4.90 Å². The Kier molecular flexibility index (Phi) is 5.09. The van der Waals surface area contributed by atoms with E-state index in [2.05, 4.69) is 13.8 Å². The molecule has 1 unspecified atom stereocenters. The normalized spacial score (nSPS) is 23.1. The number of hydrogen-bond acceptors (Lipinski definition) is 2. The Labute approximate surface area is 93.0 Å². The van der Waals surface area contributed by atoms with Gasteiger partial charge in [0.1, 0.15) is 0 Å². The van der Waals surface area contributed by atoms with Crippen LogP contribution < -0.4 is 5.73 Å². The second-order valence-electron chi connectivity index (χ2n) is 4.62. The molecule has 15 heavy (non-hydrogen) atoms. The average molecular weight is 212 g/mol. The number of rotatable bonds is 5. The van der Waals surface area contributed by atoms with E-state index in [0.717, 1.165) is 25.9 Å². The Balaban J connectivity index is 2.35. The molecule has 88 valence electrons. The lowest BCUT2D eigenvalue weighted by Crippen LogP contribution is -2.42. The molecule has 2 N–H and O–H groups in total. The number of likely N-dealkylation sites (tertiary alicyclic amines) is 1. The van der Waals surface area contributed by atoms with Crippen molar-refractivity contribution < 1.29 is 4.79 Å². The quantitative estimate of drug-likeness (QED) is 0.755. The van der Waals surface area contributed by atoms with Crippen LogP contribution >= 0.6 is 0 Å². The van der Waals surface area contributed by atoms with Gasteiger partial charge in [0.2, 0.25) is 5.91 Å². The summed E-state index contributed by atoms with van der Waals surface area (Å²) in [6, 6.07) is -0.268. The molecule has 0 radical (unpaired) electrons. The Morgan fingerprint density at radius 2 is 2.20 bits per heavy atom. The summed E-state index contributed by atoms with van der Waals surface area (Å²) in [6.07, 6.45) is 5.42. The molecule has 0 aliphatic carbocycles. The fourth-order valence-electron chi connectivity index (χ4n) is 2.35. The predicted octanol–water partition coefficient (Wildman–Crippen LogP) is 1.76. The Morgan fingerprint density at radius 1 is 1.47 bits per heavy atom. The van der Waals surface area contributed by atoms with Crippen LogP contribution in [0.3, 0.4) is 0 Å². The number of hydrogen-bond donors (Lipinski definition) is 1. The Hall–Kier alpha value is -0.570. The third-order valence-corrected chi connectivity index (χ3v) is 3.21. The van der Waals surface area contributed by atoms with Crippen molar-refractivity contribution >= 4 is 5.91 Å². The fraction of sp³-hybridized carbons (Fsp3) is 0.917. The molecule has 3 nitrogen and oxygen atoms in total. The van der Waals surface area contributed by atoms with Gasteiger partial charge in [-0.05, 0) is 25.2 Å². The summed E-state index contributed by atoms with van der Waals surface area (Å²) >= 11 is 0. The number of carbonyl (C=O) groups excluding carboxylic acids is 1. The van der Waals surface area contributed by atoms with Gasteiger partial charge < -0.3 is 10.6 Å². The molecule has 0 aromatic rings. The topological polar surface area (TPSA) is 46.3 Å². The van der Waals surface area contributed by atoms with E-state index in [0.29, 0.717) is 5.92 Å². The first-order valence-corrected chi connectivity index (χ1v) is 6.23. The molecule has 1 amide bonds. The van der Waals surface area contributed by atoms with E-state index in [9.17, 15) is 4.79 Å². The minimum atomic E-state index is -0.268. The average Bonchev–Trinajstić information content (AvgIpc) is 2.66. The van der Waals surface area contributed by atoms with E-state index < -0.39 is 0 Å². The van der Waals surface area contributed by atoms with Gasteiger partial charge in [-0.2, -0.15) is 0 Å². The minimum absolute atomic E-state index is 0.162. The molecule has 1 aliphatic heterocycles. The van der Waals surface area contributed by atoms with Gasteiger partial charge in [0.05, 0.1) is 6.04 Å². The molecule has 0 aromatic heterocycles. The van der Waals surface area contributed by atoms with Crippen LogP contribution in [0.15, 0.2) is 0 Å². The highest BCUT2D eigenvalue weighted by molar-refractivity contribution is 5.81. The highest BCUT2D eigenvalue weighted by Crippen LogP contribution is 2.21. The van der Waals surface area contributed by atoms with Gasteiger partial charge in [0.25, 0.3) is 0 Å². The van der Waals surface area contributed by atoms with Crippen LogP contribution in [-0.2, 0) is 4.79 Å². The zero-order chi connectivity index (χ0) is 11.3. The van der Waals surface area contributed by atoms with Crippen LogP contribution in [0.1, 0.15) is 46.0 Å². The summed E-state index contributed by atoms with van der Waals surface area (Å²) in [4.78, 5) is 13.8. The first-order chi connectivity index (χ1) is 7.19. The molecule has 0 bridgehead atoms. The Bertz CT molecular complexity index is 206. The molecule has 1 heterocycles. The minimum Gasteiger partial charge on any atom is -0.341 e. The summed E-state index contributed by atoms with van der Waals surface area (Å²) in [5, 5.41) is 0. The lowest BCUT2D eigenvalue weighted by molar-refractivity contribution is -0.131. The molecule has 2 atom stereocenters.